The summed E-state index contributed by atoms with van der Waals surface area (Å²) in [5.74, 6) is 2.15. The van der Waals surface area contributed by atoms with E-state index in [2.05, 4.69) is 27.4 Å². The highest BCUT2D eigenvalue weighted by molar-refractivity contribution is 6.30. The van der Waals surface area contributed by atoms with Gasteiger partial charge in [0.25, 0.3) is 0 Å². The Labute approximate surface area is 181 Å². The van der Waals surface area contributed by atoms with E-state index >= 15 is 0 Å². The van der Waals surface area contributed by atoms with E-state index in [1.165, 1.54) is 0 Å². The Hall–Kier alpha value is -2.12. The summed E-state index contributed by atoms with van der Waals surface area (Å²) in [5.41, 5.74) is 2.10. The smallest absolute Gasteiger partial charge is 0.231 e. The summed E-state index contributed by atoms with van der Waals surface area (Å²) in [6.07, 6.45) is 0.575. The molecule has 8 heteroatoms. The second-order valence-electron chi connectivity index (χ2n) is 6.99. The van der Waals surface area contributed by atoms with Crippen LogP contribution >= 0.6 is 24.0 Å². The minimum atomic E-state index is 0. The fourth-order valence-electron chi connectivity index (χ4n) is 3.28. The van der Waals surface area contributed by atoms with Gasteiger partial charge < -0.3 is 14.6 Å². The molecule has 1 fully saturated rings. The van der Waals surface area contributed by atoms with Crippen LogP contribution < -0.4 is 10.1 Å². The predicted molar refractivity (Wildman–Crippen MR) is 115 cm³/mol. The molecule has 1 saturated heterocycles. The van der Waals surface area contributed by atoms with E-state index in [0.717, 1.165) is 42.3 Å². The summed E-state index contributed by atoms with van der Waals surface area (Å²) in [5, 5.41) is 8.26. The first-order chi connectivity index (χ1) is 13.7. The molecule has 2 heterocycles. The van der Waals surface area contributed by atoms with Crippen molar-refractivity contribution in [2.24, 2.45) is 0 Å². The SMILES string of the molecule is CN1CCNCC1c1noc(Cc2cccc(OCc3cccc(Cl)c3)c2)n1.Cl. The number of hydrogen-bond donors (Lipinski definition) is 1. The maximum atomic E-state index is 6.02. The van der Waals surface area contributed by atoms with E-state index in [4.69, 9.17) is 20.9 Å². The Morgan fingerprint density at radius 3 is 2.86 bits per heavy atom. The van der Waals surface area contributed by atoms with E-state index in [1.54, 1.807) is 0 Å². The number of likely N-dealkylation sites (N-methyl/N-ethyl adjacent to an activating group) is 1. The van der Waals surface area contributed by atoms with Crippen molar-refractivity contribution in [2.45, 2.75) is 19.1 Å². The van der Waals surface area contributed by atoms with Crippen LogP contribution in [0.1, 0.15) is 28.9 Å². The van der Waals surface area contributed by atoms with Gasteiger partial charge in [-0.15, -0.1) is 12.4 Å². The first-order valence-corrected chi connectivity index (χ1v) is 9.75. The van der Waals surface area contributed by atoms with Gasteiger partial charge in [-0.2, -0.15) is 4.98 Å². The normalized spacial score (nSPS) is 17.0. The van der Waals surface area contributed by atoms with Crippen LogP contribution in [0.25, 0.3) is 0 Å². The topological polar surface area (TPSA) is 63.4 Å². The number of aromatic nitrogens is 2. The van der Waals surface area contributed by atoms with Crippen molar-refractivity contribution >= 4 is 24.0 Å². The molecule has 154 valence electrons. The van der Waals surface area contributed by atoms with E-state index in [0.29, 0.717) is 23.9 Å². The largest absolute Gasteiger partial charge is 0.489 e. The first-order valence-electron chi connectivity index (χ1n) is 9.37. The number of rotatable bonds is 6. The predicted octanol–water partition coefficient (Wildman–Crippen LogP) is 3.89. The highest BCUT2D eigenvalue weighted by atomic mass is 35.5. The molecule has 0 spiro atoms. The molecule has 0 amide bonds. The van der Waals surface area contributed by atoms with Gasteiger partial charge in [0.15, 0.2) is 5.82 Å². The average molecular weight is 435 g/mol. The summed E-state index contributed by atoms with van der Waals surface area (Å²) in [4.78, 5) is 6.84. The maximum absolute atomic E-state index is 6.02. The van der Waals surface area contributed by atoms with Crippen LogP contribution in [-0.4, -0.2) is 41.7 Å². The Kier molecular flexibility index (Phi) is 7.50. The van der Waals surface area contributed by atoms with Crippen molar-refractivity contribution in [3.63, 3.8) is 0 Å². The zero-order valence-electron chi connectivity index (χ0n) is 16.2. The number of piperazine rings is 1. The van der Waals surface area contributed by atoms with Crippen LogP contribution in [0.15, 0.2) is 53.1 Å². The fourth-order valence-corrected chi connectivity index (χ4v) is 3.50. The molecule has 1 aliphatic rings. The van der Waals surface area contributed by atoms with Crippen molar-refractivity contribution < 1.29 is 9.26 Å². The Bertz CT molecular complexity index is 934. The minimum Gasteiger partial charge on any atom is -0.489 e. The third kappa shape index (κ3) is 5.70. The van der Waals surface area contributed by atoms with Crippen molar-refractivity contribution in [2.75, 3.05) is 26.7 Å². The summed E-state index contributed by atoms with van der Waals surface area (Å²) >= 11 is 6.02. The van der Waals surface area contributed by atoms with E-state index in [9.17, 15) is 0 Å². The Balaban J connectivity index is 0.00000240. The third-order valence-electron chi connectivity index (χ3n) is 4.84. The van der Waals surface area contributed by atoms with Crippen molar-refractivity contribution in [3.05, 3.63) is 76.4 Å². The number of hydrogen-bond acceptors (Lipinski definition) is 6. The quantitative estimate of drug-likeness (QED) is 0.634. The van der Waals surface area contributed by atoms with Crippen LogP contribution in [0, 0.1) is 0 Å². The van der Waals surface area contributed by atoms with Gasteiger partial charge in [-0.3, -0.25) is 4.90 Å². The second kappa shape index (κ2) is 10.1. The van der Waals surface area contributed by atoms with Gasteiger partial charge >= 0.3 is 0 Å². The molecule has 1 aliphatic heterocycles. The molecule has 0 bridgehead atoms. The van der Waals surface area contributed by atoms with Gasteiger partial charge in [0.2, 0.25) is 5.89 Å². The van der Waals surface area contributed by atoms with Crippen LogP contribution in [0.2, 0.25) is 5.02 Å². The Morgan fingerprint density at radius 2 is 2.03 bits per heavy atom. The lowest BCUT2D eigenvalue weighted by Gasteiger charge is -2.30. The molecule has 4 rings (SSSR count). The van der Waals surface area contributed by atoms with Crippen LogP contribution in [0.4, 0.5) is 0 Å². The molecular formula is C21H24Cl2N4O2. The molecular weight excluding hydrogens is 411 g/mol. The van der Waals surface area contributed by atoms with Gasteiger partial charge in [0.1, 0.15) is 12.4 Å². The molecule has 1 aromatic heterocycles. The zero-order valence-corrected chi connectivity index (χ0v) is 17.7. The van der Waals surface area contributed by atoms with Crippen LogP contribution in [0.3, 0.4) is 0 Å². The number of halogens is 2. The molecule has 0 aliphatic carbocycles. The molecule has 1 atom stereocenters. The summed E-state index contributed by atoms with van der Waals surface area (Å²) in [7, 11) is 2.09. The fraction of sp³-hybridized carbons (Fsp3) is 0.333. The molecule has 0 radical (unpaired) electrons. The lowest BCUT2D eigenvalue weighted by Crippen LogP contribution is -2.44. The number of nitrogens with one attached hydrogen (secondary N) is 1. The van der Waals surface area contributed by atoms with Gasteiger partial charge in [-0.05, 0) is 42.4 Å². The zero-order chi connectivity index (χ0) is 19.3. The second-order valence-corrected chi connectivity index (χ2v) is 7.43. The highest BCUT2D eigenvalue weighted by Gasteiger charge is 2.25. The molecule has 1 unspecified atom stereocenters. The standard InChI is InChI=1S/C21H23ClN4O2.ClH/c1-26-9-8-23-13-19(26)21-24-20(28-25-21)12-15-4-3-7-18(11-15)27-14-16-5-2-6-17(22)10-16;/h2-7,10-11,19,23H,8-9,12-14H2,1H3;1H. The van der Waals surface area contributed by atoms with Gasteiger partial charge in [0.05, 0.1) is 12.5 Å². The van der Waals surface area contributed by atoms with Gasteiger partial charge in [-0.25, -0.2) is 0 Å². The molecule has 29 heavy (non-hydrogen) atoms. The van der Waals surface area contributed by atoms with E-state index in [1.807, 2.05) is 48.5 Å². The van der Waals surface area contributed by atoms with Crippen molar-refractivity contribution in [1.29, 1.82) is 0 Å². The summed E-state index contributed by atoms with van der Waals surface area (Å²) in [6, 6.07) is 15.8. The van der Waals surface area contributed by atoms with Gasteiger partial charge in [-0.1, -0.05) is 41.0 Å². The highest BCUT2D eigenvalue weighted by Crippen LogP contribution is 2.21. The van der Waals surface area contributed by atoms with Crippen molar-refractivity contribution in [1.82, 2.24) is 20.4 Å². The lowest BCUT2D eigenvalue weighted by atomic mass is 10.1. The molecule has 0 saturated carbocycles. The molecule has 1 N–H and O–H groups in total. The van der Waals surface area contributed by atoms with Crippen LogP contribution in [0.5, 0.6) is 5.75 Å². The monoisotopic (exact) mass is 434 g/mol. The molecule has 6 nitrogen and oxygen atoms in total. The molecule has 3 aromatic rings. The van der Waals surface area contributed by atoms with E-state index in [-0.39, 0.29) is 18.4 Å². The Morgan fingerprint density at radius 1 is 1.21 bits per heavy atom. The van der Waals surface area contributed by atoms with Crippen molar-refractivity contribution in [3.8, 4) is 5.75 Å². The number of nitrogens with zero attached hydrogens (tertiary/aromatic N) is 3. The number of ether oxygens (including phenoxy) is 1. The average Bonchev–Trinajstić information content (AvgIpc) is 3.15. The number of benzene rings is 2. The lowest BCUT2D eigenvalue weighted by molar-refractivity contribution is 0.190. The molecule has 2 aromatic carbocycles. The minimum absolute atomic E-state index is 0. The van der Waals surface area contributed by atoms with E-state index < -0.39 is 0 Å². The third-order valence-corrected chi connectivity index (χ3v) is 5.08. The summed E-state index contributed by atoms with van der Waals surface area (Å²) in [6.45, 7) is 3.26. The maximum Gasteiger partial charge on any atom is 0.231 e. The van der Waals surface area contributed by atoms with Gasteiger partial charge in [0, 0.05) is 24.7 Å². The first kappa shape index (κ1) is 21.6. The summed E-state index contributed by atoms with van der Waals surface area (Å²) < 4.78 is 11.4. The van der Waals surface area contributed by atoms with Crippen LogP contribution in [-0.2, 0) is 13.0 Å².